The van der Waals surface area contributed by atoms with Gasteiger partial charge in [-0.25, -0.2) is 0 Å². The maximum Gasteiger partial charge on any atom is 0.364 e. The van der Waals surface area contributed by atoms with Crippen LogP contribution in [0.25, 0.3) is 6.08 Å². The molecule has 3 heteroatoms. The second-order valence-corrected chi connectivity index (χ2v) is 7.85. The van der Waals surface area contributed by atoms with Gasteiger partial charge < -0.3 is 8.85 Å². The van der Waals surface area contributed by atoms with Crippen molar-refractivity contribution >= 4 is 14.6 Å². The van der Waals surface area contributed by atoms with Gasteiger partial charge in [0.2, 0.25) is 0 Å². The van der Waals surface area contributed by atoms with Crippen LogP contribution in [0.2, 0.25) is 6.04 Å². The highest BCUT2D eigenvalue weighted by Gasteiger charge is 2.32. The molecule has 0 aliphatic carbocycles. The third-order valence-corrected chi connectivity index (χ3v) is 5.97. The molecule has 0 unspecified atom stereocenters. The van der Waals surface area contributed by atoms with Crippen molar-refractivity contribution in [3.8, 4) is 0 Å². The highest BCUT2D eigenvalue weighted by molar-refractivity contribution is 6.73. The molecule has 0 aromatic heterocycles. The lowest BCUT2D eigenvalue weighted by atomic mass is 10.2. The van der Waals surface area contributed by atoms with E-state index in [1.54, 1.807) is 0 Å². The summed E-state index contributed by atoms with van der Waals surface area (Å²) < 4.78 is 12.2. The molecule has 0 spiro atoms. The number of benzene rings is 1. The van der Waals surface area contributed by atoms with Crippen molar-refractivity contribution in [2.24, 2.45) is 0 Å². The quantitative estimate of drug-likeness (QED) is 0.617. The molecule has 1 aromatic rings. The van der Waals surface area contributed by atoms with Gasteiger partial charge in [-0.2, -0.15) is 0 Å². The third-order valence-electron chi connectivity index (χ3n) is 2.92. The summed E-state index contributed by atoms with van der Waals surface area (Å²) in [5.74, 6) is 0. The molecule has 0 fully saturated rings. The molecule has 1 rings (SSSR count). The summed E-state index contributed by atoms with van der Waals surface area (Å²) >= 11 is 0. The van der Waals surface area contributed by atoms with Gasteiger partial charge in [-0.05, 0) is 30.1 Å². The van der Waals surface area contributed by atoms with Crippen molar-refractivity contribution in [1.82, 2.24) is 0 Å². The lowest BCUT2D eigenvalue weighted by Gasteiger charge is -2.26. The van der Waals surface area contributed by atoms with Gasteiger partial charge in [-0.3, -0.25) is 0 Å². The van der Waals surface area contributed by atoms with Crippen LogP contribution in [0.15, 0.2) is 36.0 Å². The molecule has 0 amide bonds. The molecule has 0 saturated carbocycles. The Morgan fingerprint density at radius 2 is 1.53 bits per heavy atom. The summed E-state index contributed by atoms with van der Waals surface area (Å²) in [6.07, 6.45) is 4.20. The molecule has 2 nitrogen and oxygen atoms in total. The van der Waals surface area contributed by atoms with Crippen molar-refractivity contribution < 1.29 is 8.85 Å². The average molecular weight is 278 g/mol. The first kappa shape index (κ1) is 16.2. The van der Waals surface area contributed by atoms with Crippen LogP contribution in [0.1, 0.15) is 39.2 Å². The Labute approximate surface area is 118 Å². The molecular weight excluding hydrogens is 252 g/mol. The molecule has 1 aromatic carbocycles. The summed E-state index contributed by atoms with van der Waals surface area (Å²) in [5.41, 5.74) is 3.39. The highest BCUT2D eigenvalue weighted by atomic mass is 28.4. The fraction of sp³-hybridized carbons (Fsp3) is 0.500. The normalized spacial score (nSPS) is 12.2. The maximum atomic E-state index is 6.08. The van der Waals surface area contributed by atoms with E-state index in [2.05, 4.69) is 56.8 Å². The van der Waals surface area contributed by atoms with E-state index in [1.807, 2.05) is 6.07 Å². The van der Waals surface area contributed by atoms with Gasteiger partial charge in [0.1, 0.15) is 0 Å². The van der Waals surface area contributed by atoms with E-state index in [4.69, 9.17) is 8.85 Å². The highest BCUT2D eigenvalue weighted by Crippen LogP contribution is 2.18. The van der Waals surface area contributed by atoms with Crippen LogP contribution in [-0.4, -0.2) is 21.8 Å². The molecule has 0 saturated heterocycles. The zero-order valence-corrected chi connectivity index (χ0v) is 13.4. The monoisotopic (exact) mass is 278 g/mol. The predicted molar refractivity (Wildman–Crippen MR) is 84.2 cm³/mol. The summed E-state index contributed by atoms with van der Waals surface area (Å²) in [6, 6.07) is 11.3. The van der Waals surface area contributed by atoms with Gasteiger partial charge >= 0.3 is 8.56 Å². The Kier molecular flexibility index (Phi) is 7.71. The standard InChI is InChI=1S/C16H26O2Si/c1-4-13-17-19(6-3,18-14-5-2)15-12-16-10-8-7-9-11-16/h7-12,15H,4-6,13-14H2,1-3H3. The molecule has 0 N–H and O–H groups in total. The minimum atomic E-state index is -2.17. The number of rotatable bonds is 9. The Balaban J connectivity index is 2.79. The summed E-state index contributed by atoms with van der Waals surface area (Å²) in [4.78, 5) is 0. The molecule has 0 aliphatic rings. The molecular formula is C16H26O2Si. The predicted octanol–water partition coefficient (Wildman–Crippen LogP) is 4.55. The van der Waals surface area contributed by atoms with Crippen LogP contribution in [0.4, 0.5) is 0 Å². The molecule has 106 valence electrons. The SMILES string of the molecule is CCCO[Si](C=Cc1ccccc1)(CC)OCCC. The van der Waals surface area contributed by atoms with Crippen molar-refractivity contribution in [1.29, 1.82) is 0 Å². The first-order valence-electron chi connectivity index (χ1n) is 7.28. The van der Waals surface area contributed by atoms with E-state index in [0.717, 1.165) is 32.1 Å². The van der Waals surface area contributed by atoms with E-state index in [0.29, 0.717) is 0 Å². The first-order valence-corrected chi connectivity index (χ1v) is 9.38. The van der Waals surface area contributed by atoms with Crippen LogP contribution >= 0.6 is 0 Å². The molecule has 0 aliphatic heterocycles. The fourth-order valence-corrected chi connectivity index (χ4v) is 4.26. The van der Waals surface area contributed by atoms with E-state index >= 15 is 0 Å². The lowest BCUT2D eigenvalue weighted by Crippen LogP contribution is -2.40. The fourth-order valence-electron chi connectivity index (χ4n) is 1.80. The topological polar surface area (TPSA) is 18.5 Å². The molecule has 0 heterocycles. The van der Waals surface area contributed by atoms with Gasteiger partial charge in [-0.1, -0.05) is 57.2 Å². The number of hydrogen-bond acceptors (Lipinski definition) is 2. The molecule has 0 atom stereocenters. The zero-order chi connectivity index (χ0) is 14.0. The molecule has 0 radical (unpaired) electrons. The van der Waals surface area contributed by atoms with Gasteiger partial charge in [0, 0.05) is 13.2 Å². The smallest absolute Gasteiger partial charge is 0.364 e. The molecule has 19 heavy (non-hydrogen) atoms. The first-order chi connectivity index (χ1) is 9.26. The van der Waals surface area contributed by atoms with E-state index < -0.39 is 8.56 Å². The van der Waals surface area contributed by atoms with Crippen LogP contribution < -0.4 is 0 Å². The van der Waals surface area contributed by atoms with Gasteiger partial charge in [0.15, 0.2) is 0 Å². The Morgan fingerprint density at radius 1 is 0.947 bits per heavy atom. The van der Waals surface area contributed by atoms with Gasteiger partial charge in [0.05, 0.1) is 0 Å². The lowest BCUT2D eigenvalue weighted by molar-refractivity contribution is 0.179. The van der Waals surface area contributed by atoms with E-state index in [1.165, 1.54) is 5.56 Å². The maximum absolute atomic E-state index is 6.08. The van der Waals surface area contributed by atoms with E-state index in [-0.39, 0.29) is 0 Å². The minimum Gasteiger partial charge on any atom is -0.391 e. The van der Waals surface area contributed by atoms with Crippen molar-refractivity contribution in [3.05, 3.63) is 41.6 Å². The zero-order valence-electron chi connectivity index (χ0n) is 12.4. The van der Waals surface area contributed by atoms with Crippen molar-refractivity contribution in [2.45, 2.75) is 39.7 Å². The van der Waals surface area contributed by atoms with Crippen LogP contribution in [0.5, 0.6) is 0 Å². The number of hydrogen-bond donors (Lipinski definition) is 0. The summed E-state index contributed by atoms with van der Waals surface area (Å²) in [6.45, 7) is 7.99. The second-order valence-electron chi connectivity index (χ2n) is 4.61. The van der Waals surface area contributed by atoms with Crippen LogP contribution in [0.3, 0.4) is 0 Å². The Hall–Kier alpha value is -0.903. The minimum absolute atomic E-state index is 0.781. The second kappa shape index (κ2) is 9.07. The van der Waals surface area contributed by atoms with Gasteiger partial charge in [0.25, 0.3) is 0 Å². The Bertz CT molecular complexity index is 354. The average Bonchev–Trinajstić information content (AvgIpc) is 2.48. The third kappa shape index (κ3) is 5.72. The summed E-state index contributed by atoms with van der Waals surface area (Å²) in [5, 5.41) is 0. The van der Waals surface area contributed by atoms with Crippen molar-refractivity contribution in [3.63, 3.8) is 0 Å². The van der Waals surface area contributed by atoms with Crippen molar-refractivity contribution in [2.75, 3.05) is 13.2 Å². The Morgan fingerprint density at radius 3 is 2.00 bits per heavy atom. The van der Waals surface area contributed by atoms with E-state index in [9.17, 15) is 0 Å². The van der Waals surface area contributed by atoms with Crippen LogP contribution in [-0.2, 0) is 8.85 Å². The summed E-state index contributed by atoms with van der Waals surface area (Å²) in [7, 11) is -2.17. The molecule has 0 bridgehead atoms. The van der Waals surface area contributed by atoms with Gasteiger partial charge in [-0.15, -0.1) is 0 Å². The van der Waals surface area contributed by atoms with Crippen LogP contribution in [0, 0.1) is 0 Å². The largest absolute Gasteiger partial charge is 0.391 e.